The molecule has 1 aromatic rings. The lowest BCUT2D eigenvalue weighted by Crippen LogP contribution is -2.27. The minimum absolute atomic E-state index is 0.352. The second-order valence-electron chi connectivity index (χ2n) is 3.57. The van der Waals surface area contributed by atoms with Crippen molar-refractivity contribution >= 4 is 5.69 Å². The average molecular weight is 192 g/mol. The first-order valence-corrected chi connectivity index (χ1v) is 5.12. The zero-order valence-electron chi connectivity index (χ0n) is 8.38. The van der Waals surface area contributed by atoms with Gasteiger partial charge in [-0.05, 0) is 24.6 Å². The molecular weight excluding hydrogens is 176 g/mol. The summed E-state index contributed by atoms with van der Waals surface area (Å²) in [6.45, 7) is 3.98. The lowest BCUT2D eigenvalue weighted by Gasteiger charge is -2.27. The van der Waals surface area contributed by atoms with Gasteiger partial charge in [0.25, 0.3) is 0 Å². The van der Waals surface area contributed by atoms with Crippen molar-refractivity contribution in [2.45, 2.75) is 19.4 Å². The van der Waals surface area contributed by atoms with Gasteiger partial charge in [0.1, 0.15) is 5.75 Å². The molecule has 0 radical (unpaired) electrons. The summed E-state index contributed by atoms with van der Waals surface area (Å²) in [4.78, 5) is 0. The van der Waals surface area contributed by atoms with E-state index in [4.69, 9.17) is 0 Å². The molecule has 1 aromatic carbocycles. The smallest absolute Gasteiger partial charge is 0.139 e. The summed E-state index contributed by atoms with van der Waals surface area (Å²) in [7, 11) is 0. The molecule has 0 saturated carbocycles. The summed E-state index contributed by atoms with van der Waals surface area (Å²) in [6, 6.07) is 6.06. The summed E-state index contributed by atoms with van der Waals surface area (Å²) >= 11 is 0. The molecule has 3 heteroatoms. The SMILES string of the molecule is CCNC1CCNc2c(O)cccc21. The molecule has 0 spiro atoms. The highest BCUT2D eigenvalue weighted by atomic mass is 16.3. The van der Waals surface area contributed by atoms with Gasteiger partial charge in [0, 0.05) is 12.6 Å². The number of benzene rings is 1. The Bertz CT molecular complexity index is 325. The van der Waals surface area contributed by atoms with Gasteiger partial charge in [-0.3, -0.25) is 0 Å². The molecule has 76 valence electrons. The van der Waals surface area contributed by atoms with Gasteiger partial charge in [-0.25, -0.2) is 0 Å². The zero-order chi connectivity index (χ0) is 9.97. The third kappa shape index (κ3) is 1.55. The predicted molar refractivity (Wildman–Crippen MR) is 57.6 cm³/mol. The van der Waals surface area contributed by atoms with E-state index in [2.05, 4.69) is 23.6 Å². The Kier molecular flexibility index (Phi) is 2.59. The summed E-state index contributed by atoms with van der Waals surface area (Å²) in [5.41, 5.74) is 2.07. The van der Waals surface area contributed by atoms with E-state index in [-0.39, 0.29) is 0 Å². The molecule has 0 aliphatic carbocycles. The van der Waals surface area contributed by atoms with Crippen molar-refractivity contribution < 1.29 is 5.11 Å². The van der Waals surface area contributed by atoms with Crippen molar-refractivity contribution in [3.05, 3.63) is 23.8 Å². The van der Waals surface area contributed by atoms with Crippen LogP contribution in [0.15, 0.2) is 18.2 Å². The van der Waals surface area contributed by atoms with E-state index in [0.29, 0.717) is 11.8 Å². The summed E-state index contributed by atoms with van der Waals surface area (Å²) < 4.78 is 0. The number of aromatic hydroxyl groups is 1. The Morgan fingerprint density at radius 2 is 2.43 bits per heavy atom. The van der Waals surface area contributed by atoms with Crippen LogP contribution in [0.5, 0.6) is 5.75 Å². The van der Waals surface area contributed by atoms with Crippen LogP contribution in [0.1, 0.15) is 24.9 Å². The van der Waals surface area contributed by atoms with Gasteiger partial charge in [0.15, 0.2) is 0 Å². The first kappa shape index (κ1) is 9.34. The van der Waals surface area contributed by atoms with E-state index >= 15 is 0 Å². The van der Waals surface area contributed by atoms with Crippen LogP contribution in [-0.4, -0.2) is 18.2 Å². The van der Waals surface area contributed by atoms with Crippen LogP contribution in [-0.2, 0) is 0 Å². The molecule has 0 saturated heterocycles. The van der Waals surface area contributed by atoms with Crippen LogP contribution in [0.4, 0.5) is 5.69 Å². The maximum Gasteiger partial charge on any atom is 0.139 e. The number of phenolic OH excluding ortho intramolecular Hbond substituents is 1. The number of nitrogens with one attached hydrogen (secondary N) is 2. The van der Waals surface area contributed by atoms with E-state index in [1.54, 1.807) is 6.07 Å². The molecule has 1 heterocycles. The molecule has 1 aliphatic rings. The Labute approximate surface area is 84.1 Å². The molecule has 1 unspecified atom stereocenters. The molecular formula is C11H16N2O. The number of hydrogen-bond acceptors (Lipinski definition) is 3. The van der Waals surface area contributed by atoms with Gasteiger partial charge in [0.05, 0.1) is 5.69 Å². The van der Waals surface area contributed by atoms with Gasteiger partial charge >= 0.3 is 0 Å². The van der Waals surface area contributed by atoms with Gasteiger partial charge < -0.3 is 15.7 Å². The van der Waals surface area contributed by atoms with Crippen molar-refractivity contribution in [3.8, 4) is 5.75 Å². The fraction of sp³-hybridized carbons (Fsp3) is 0.455. The fourth-order valence-electron chi connectivity index (χ4n) is 2.00. The number of para-hydroxylation sites is 1. The maximum absolute atomic E-state index is 9.65. The molecule has 2 rings (SSSR count). The highest BCUT2D eigenvalue weighted by molar-refractivity contribution is 5.63. The van der Waals surface area contributed by atoms with E-state index in [9.17, 15) is 5.11 Å². The molecule has 0 aromatic heterocycles. The summed E-state index contributed by atoms with van der Waals surface area (Å²) in [6.07, 6.45) is 1.07. The van der Waals surface area contributed by atoms with Crippen LogP contribution < -0.4 is 10.6 Å². The second-order valence-corrected chi connectivity index (χ2v) is 3.57. The fourth-order valence-corrected chi connectivity index (χ4v) is 2.00. The van der Waals surface area contributed by atoms with E-state index < -0.39 is 0 Å². The van der Waals surface area contributed by atoms with Crippen LogP contribution in [0.25, 0.3) is 0 Å². The molecule has 0 bridgehead atoms. The number of rotatable bonds is 2. The normalized spacial score (nSPS) is 19.9. The summed E-state index contributed by atoms with van der Waals surface area (Å²) in [5, 5.41) is 16.3. The van der Waals surface area contributed by atoms with Crippen molar-refractivity contribution in [1.29, 1.82) is 0 Å². The number of anilines is 1. The summed E-state index contributed by atoms with van der Waals surface area (Å²) in [5.74, 6) is 0.352. The molecule has 1 atom stereocenters. The molecule has 3 nitrogen and oxygen atoms in total. The van der Waals surface area contributed by atoms with Crippen LogP contribution in [0.2, 0.25) is 0 Å². The second kappa shape index (κ2) is 3.88. The van der Waals surface area contributed by atoms with E-state index in [0.717, 1.165) is 25.2 Å². The number of fused-ring (bicyclic) bond motifs is 1. The quantitative estimate of drug-likeness (QED) is 0.627. The predicted octanol–water partition coefficient (Wildman–Crippen LogP) is 1.86. The highest BCUT2D eigenvalue weighted by Gasteiger charge is 2.20. The topological polar surface area (TPSA) is 44.3 Å². The Morgan fingerprint density at radius 3 is 3.21 bits per heavy atom. The largest absolute Gasteiger partial charge is 0.506 e. The van der Waals surface area contributed by atoms with E-state index in [1.165, 1.54) is 5.56 Å². The maximum atomic E-state index is 9.65. The molecule has 14 heavy (non-hydrogen) atoms. The number of hydrogen-bond donors (Lipinski definition) is 3. The zero-order valence-corrected chi connectivity index (χ0v) is 8.38. The van der Waals surface area contributed by atoms with Crippen LogP contribution in [0, 0.1) is 0 Å². The monoisotopic (exact) mass is 192 g/mol. The van der Waals surface area contributed by atoms with Crippen LogP contribution in [0.3, 0.4) is 0 Å². The van der Waals surface area contributed by atoms with Crippen LogP contribution >= 0.6 is 0 Å². The van der Waals surface area contributed by atoms with Gasteiger partial charge in [-0.2, -0.15) is 0 Å². The van der Waals surface area contributed by atoms with Gasteiger partial charge in [-0.1, -0.05) is 19.1 Å². The highest BCUT2D eigenvalue weighted by Crippen LogP contribution is 2.35. The van der Waals surface area contributed by atoms with Gasteiger partial charge in [0.2, 0.25) is 0 Å². The van der Waals surface area contributed by atoms with E-state index in [1.807, 2.05) is 6.07 Å². The van der Waals surface area contributed by atoms with Crippen molar-refractivity contribution in [3.63, 3.8) is 0 Å². The van der Waals surface area contributed by atoms with Crippen molar-refractivity contribution in [1.82, 2.24) is 5.32 Å². The molecule has 3 N–H and O–H groups in total. The standard InChI is InChI=1S/C11H16N2O/c1-2-12-9-6-7-13-11-8(9)4-3-5-10(11)14/h3-5,9,12-14H,2,6-7H2,1H3. The third-order valence-corrected chi connectivity index (χ3v) is 2.64. The van der Waals surface area contributed by atoms with Crippen molar-refractivity contribution in [2.75, 3.05) is 18.4 Å². The Balaban J connectivity index is 2.34. The number of phenols is 1. The first-order chi connectivity index (χ1) is 6.83. The first-order valence-electron chi connectivity index (χ1n) is 5.12. The minimum atomic E-state index is 0.352. The minimum Gasteiger partial charge on any atom is -0.506 e. The Hall–Kier alpha value is -1.22. The van der Waals surface area contributed by atoms with Gasteiger partial charge in [-0.15, -0.1) is 0 Å². The lowest BCUT2D eigenvalue weighted by molar-refractivity contribution is 0.466. The average Bonchev–Trinajstić information content (AvgIpc) is 2.20. The molecule has 0 amide bonds. The molecule has 0 fully saturated rings. The lowest BCUT2D eigenvalue weighted by atomic mass is 9.97. The van der Waals surface area contributed by atoms with Crippen molar-refractivity contribution in [2.24, 2.45) is 0 Å². The third-order valence-electron chi connectivity index (χ3n) is 2.64. The molecule has 1 aliphatic heterocycles. The Morgan fingerprint density at radius 1 is 1.57 bits per heavy atom.